The van der Waals surface area contributed by atoms with Gasteiger partial charge in [0.15, 0.2) is 5.65 Å². The highest BCUT2D eigenvalue weighted by atomic mass is 79.9. The van der Waals surface area contributed by atoms with Gasteiger partial charge in [0.1, 0.15) is 0 Å². The molecule has 0 aliphatic heterocycles. The van der Waals surface area contributed by atoms with E-state index in [2.05, 4.69) is 25.6 Å². The molecular formula is C12H14BrN3O4S. The molecule has 0 atom stereocenters. The van der Waals surface area contributed by atoms with E-state index in [0.29, 0.717) is 28.2 Å². The number of hydrogen-bond donors (Lipinski definition) is 1. The highest BCUT2D eigenvalue weighted by Crippen LogP contribution is 2.23. The van der Waals surface area contributed by atoms with Crippen LogP contribution in [0.5, 0.6) is 0 Å². The number of rotatable bonds is 5. The fourth-order valence-corrected chi connectivity index (χ4v) is 2.77. The number of nitrogens with zero attached hydrogens (tertiary/aromatic N) is 2. The molecule has 0 bridgehead atoms. The summed E-state index contributed by atoms with van der Waals surface area (Å²) >= 11 is 3.35. The lowest BCUT2D eigenvalue weighted by molar-refractivity contribution is -0.142. The van der Waals surface area contributed by atoms with Crippen LogP contribution in [0.15, 0.2) is 22.9 Å². The minimum absolute atomic E-state index is 0.0281. The largest absolute Gasteiger partial charge is 0.466 e. The Hall–Kier alpha value is -1.61. The Bertz CT molecular complexity index is 785. The third-order valence-corrected chi connectivity index (χ3v) is 3.78. The second-order valence-electron chi connectivity index (χ2n) is 4.35. The zero-order valence-corrected chi connectivity index (χ0v) is 13.9. The molecule has 0 aliphatic carbocycles. The first-order valence-corrected chi connectivity index (χ1v) is 8.78. The summed E-state index contributed by atoms with van der Waals surface area (Å²) in [6.45, 7) is 2.03. The maximum Gasteiger partial charge on any atom is 0.311 e. The zero-order chi connectivity index (χ0) is 15.6. The molecule has 0 saturated heterocycles. The number of aromatic nitrogens is 2. The van der Waals surface area contributed by atoms with Crippen molar-refractivity contribution in [3.05, 3.63) is 28.6 Å². The lowest BCUT2D eigenvalue weighted by Crippen LogP contribution is -2.10. The van der Waals surface area contributed by atoms with E-state index in [1.165, 1.54) is 0 Å². The first kappa shape index (κ1) is 15.8. The molecule has 0 aromatic carbocycles. The van der Waals surface area contributed by atoms with Crippen LogP contribution in [0.2, 0.25) is 0 Å². The van der Waals surface area contributed by atoms with Gasteiger partial charge in [0.05, 0.1) is 35.3 Å². The van der Waals surface area contributed by atoms with Crippen molar-refractivity contribution in [2.24, 2.45) is 0 Å². The van der Waals surface area contributed by atoms with E-state index in [1.54, 1.807) is 29.7 Å². The topological polar surface area (TPSA) is 89.8 Å². The summed E-state index contributed by atoms with van der Waals surface area (Å²) < 4.78 is 32.3. The van der Waals surface area contributed by atoms with Crippen molar-refractivity contribution in [1.29, 1.82) is 0 Å². The van der Waals surface area contributed by atoms with Gasteiger partial charge in [-0.3, -0.25) is 13.9 Å². The standard InChI is InChI=1S/C12H14BrN3O4S/c1-3-20-11(17)6-8-7-16-10(13)5-4-9(12(16)14-8)15-21(2,18)19/h4-5,7,15H,3,6H2,1-2H3. The monoisotopic (exact) mass is 375 g/mol. The maximum atomic E-state index is 11.5. The van der Waals surface area contributed by atoms with Crippen LogP contribution < -0.4 is 4.72 Å². The van der Waals surface area contributed by atoms with Crippen LogP contribution in [0, 0.1) is 0 Å². The Labute approximate surface area is 130 Å². The van der Waals surface area contributed by atoms with Gasteiger partial charge in [-0.15, -0.1) is 0 Å². The second-order valence-corrected chi connectivity index (χ2v) is 6.91. The normalized spacial score (nSPS) is 11.6. The second kappa shape index (κ2) is 6.02. The molecular weight excluding hydrogens is 362 g/mol. The van der Waals surface area contributed by atoms with Crippen molar-refractivity contribution in [3.63, 3.8) is 0 Å². The van der Waals surface area contributed by atoms with Gasteiger partial charge in [-0.05, 0) is 35.0 Å². The van der Waals surface area contributed by atoms with Gasteiger partial charge in [-0.25, -0.2) is 13.4 Å². The Morgan fingerprint density at radius 2 is 2.19 bits per heavy atom. The molecule has 0 spiro atoms. The number of imidazole rings is 1. The minimum atomic E-state index is -3.41. The number of halogens is 1. The van der Waals surface area contributed by atoms with E-state index in [9.17, 15) is 13.2 Å². The molecule has 114 valence electrons. The number of sulfonamides is 1. The van der Waals surface area contributed by atoms with Crippen molar-refractivity contribution >= 4 is 43.3 Å². The molecule has 2 rings (SSSR count). The zero-order valence-electron chi connectivity index (χ0n) is 11.5. The summed E-state index contributed by atoms with van der Waals surface area (Å²) in [5.74, 6) is -0.380. The molecule has 0 fully saturated rings. The Balaban J connectivity index is 2.43. The number of nitrogens with one attached hydrogen (secondary N) is 1. The summed E-state index contributed by atoms with van der Waals surface area (Å²) in [4.78, 5) is 15.8. The van der Waals surface area contributed by atoms with E-state index < -0.39 is 10.0 Å². The summed E-state index contributed by atoms with van der Waals surface area (Å²) in [6.07, 6.45) is 2.75. The van der Waals surface area contributed by atoms with Crippen molar-refractivity contribution in [2.45, 2.75) is 13.3 Å². The summed E-state index contributed by atoms with van der Waals surface area (Å²) in [7, 11) is -3.41. The Kier molecular flexibility index (Phi) is 4.52. The molecule has 0 amide bonds. The van der Waals surface area contributed by atoms with Crippen LogP contribution >= 0.6 is 15.9 Å². The van der Waals surface area contributed by atoms with Gasteiger partial charge in [0, 0.05) is 6.20 Å². The molecule has 1 N–H and O–H groups in total. The Morgan fingerprint density at radius 3 is 2.81 bits per heavy atom. The molecule has 0 unspecified atom stereocenters. The molecule has 21 heavy (non-hydrogen) atoms. The van der Waals surface area contributed by atoms with E-state index in [-0.39, 0.29) is 12.4 Å². The number of anilines is 1. The first-order valence-electron chi connectivity index (χ1n) is 6.10. The van der Waals surface area contributed by atoms with Crippen LogP contribution in [-0.2, 0) is 26.0 Å². The van der Waals surface area contributed by atoms with Crippen LogP contribution in [0.3, 0.4) is 0 Å². The maximum absolute atomic E-state index is 11.5. The van der Waals surface area contributed by atoms with Crippen molar-refractivity contribution < 1.29 is 17.9 Å². The van der Waals surface area contributed by atoms with Crippen LogP contribution in [-0.4, -0.2) is 36.6 Å². The molecule has 2 heterocycles. The predicted octanol–water partition coefficient (Wildman–Crippen LogP) is 1.57. The average Bonchev–Trinajstić information content (AvgIpc) is 2.76. The fraction of sp³-hybridized carbons (Fsp3) is 0.333. The fourth-order valence-electron chi connectivity index (χ4n) is 1.81. The molecule has 7 nitrogen and oxygen atoms in total. The molecule has 2 aromatic heterocycles. The van der Waals surface area contributed by atoms with Crippen LogP contribution in [0.25, 0.3) is 5.65 Å². The molecule has 0 radical (unpaired) electrons. The smallest absolute Gasteiger partial charge is 0.311 e. The summed E-state index contributed by atoms with van der Waals surface area (Å²) in [5, 5.41) is 0. The van der Waals surface area contributed by atoms with E-state index in [4.69, 9.17) is 4.74 Å². The van der Waals surface area contributed by atoms with E-state index in [0.717, 1.165) is 6.26 Å². The minimum Gasteiger partial charge on any atom is -0.466 e. The summed E-state index contributed by atoms with van der Waals surface area (Å²) in [6, 6.07) is 3.29. The number of esters is 1. The highest BCUT2D eigenvalue weighted by molar-refractivity contribution is 9.10. The first-order chi connectivity index (χ1) is 9.80. The lowest BCUT2D eigenvalue weighted by Gasteiger charge is -2.06. The van der Waals surface area contributed by atoms with Crippen molar-refractivity contribution in [2.75, 3.05) is 17.6 Å². The number of fused-ring (bicyclic) bond motifs is 1. The van der Waals surface area contributed by atoms with Crippen LogP contribution in [0.4, 0.5) is 5.69 Å². The molecule has 9 heteroatoms. The highest BCUT2D eigenvalue weighted by Gasteiger charge is 2.14. The van der Waals surface area contributed by atoms with Gasteiger partial charge < -0.3 is 4.74 Å². The van der Waals surface area contributed by atoms with Gasteiger partial charge in [-0.2, -0.15) is 0 Å². The van der Waals surface area contributed by atoms with E-state index >= 15 is 0 Å². The SMILES string of the molecule is CCOC(=O)Cc1cn2c(Br)ccc(NS(C)(=O)=O)c2n1. The number of ether oxygens (including phenoxy) is 1. The molecule has 0 saturated carbocycles. The molecule has 2 aromatic rings. The number of carbonyl (C=O) groups is 1. The van der Waals surface area contributed by atoms with Gasteiger partial charge in [0.2, 0.25) is 10.0 Å². The quantitative estimate of drug-likeness (QED) is 0.632. The molecule has 0 aliphatic rings. The van der Waals surface area contributed by atoms with Crippen LogP contribution in [0.1, 0.15) is 12.6 Å². The van der Waals surface area contributed by atoms with Crippen molar-refractivity contribution in [1.82, 2.24) is 9.38 Å². The third kappa shape index (κ3) is 3.94. The number of hydrogen-bond acceptors (Lipinski definition) is 5. The van der Waals surface area contributed by atoms with E-state index in [1.807, 2.05) is 0 Å². The third-order valence-electron chi connectivity index (χ3n) is 2.54. The van der Waals surface area contributed by atoms with Gasteiger partial charge >= 0.3 is 5.97 Å². The average molecular weight is 376 g/mol. The Morgan fingerprint density at radius 1 is 1.48 bits per heavy atom. The predicted molar refractivity (Wildman–Crippen MR) is 81.7 cm³/mol. The number of carbonyl (C=O) groups excluding carboxylic acids is 1. The van der Waals surface area contributed by atoms with Crippen molar-refractivity contribution in [3.8, 4) is 0 Å². The van der Waals surface area contributed by atoms with Gasteiger partial charge in [0.25, 0.3) is 0 Å². The lowest BCUT2D eigenvalue weighted by atomic mass is 10.3. The van der Waals surface area contributed by atoms with Gasteiger partial charge in [-0.1, -0.05) is 0 Å². The number of pyridine rings is 1. The summed E-state index contributed by atoms with van der Waals surface area (Å²) in [5.41, 5.74) is 1.25.